The smallest absolute Gasteiger partial charge is 0.257 e. The van der Waals surface area contributed by atoms with Gasteiger partial charge in [-0.3, -0.25) is 4.79 Å². The number of aliphatic hydroxyl groups excluding tert-OH is 1. The van der Waals surface area contributed by atoms with Crippen molar-refractivity contribution in [3.05, 3.63) is 23.6 Å². The van der Waals surface area contributed by atoms with Crippen LogP contribution in [0.2, 0.25) is 0 Å². The fourth-order valence-corrected chi connectivity index (χ4v) is 1.58. The lowest BCUT2D eigenvalue weighted by atomic mass is 10.2. The van der Waals surface area contributed by atoms with Crippen LogP contribution in [0.4, 0.5) is 10.2 Å². The third-order valence-electron chi connectivity index (χ3n) is 2.59. The number of nitrogens with two attached hydrogens (primary N) is 1. The van der Waals surface area contributed by atoms with Gasteiger partial charge in [-0.2, -0.15) is 0 Å². The minimum absolute atomic E-state index is 0.105. The number of hydrogen-bond acceptors (Lipinski definition) is 4. The molecule has 3 N–H and O–H groups in total. The normalized spacial score (nSPS) is 10.4. The Hall–Kier alpha value is -1.69. The Labute approximate surface area is 105 Å². The molecule has 1 aromatic heterocycles. The fourth-order valence-electron chi connectivity index (χ4n) is 1.58. The van der Waals surface area contributed by atoms with Crippen LogP contribution in [0.15, 0.2) is 12.3 Å². The van der Waals surface area contributed by atoms with Gasteiger partial charge in [0.15, 0.2) is 11.6 Å². The first-order chi connectivity index (χ1) is 8.61. The molecule has 0 radical (unpaired) electrons. The molecule has 1 amide bonds. The molecule has 18 heavy (non-hydrogen) atoms. The SMILES string of the molecule is CCCCN(CCO)C(=O)c1ccnc(N)c1F. The van der Waals surface area contributed by atoms with Gasteiger partial charge >= 0.3 is 0 Å². The second kappa shape index (κ2) is 6.90. The zero-order valence-corrected chi connectivity index (χ0v) is 10.4. The van der Waals surface area contributed by atoms with E-state index in [0.717, 1.165) is 12.8 Å². The Morgan fingerprint density at radius 1 is 1.56 bits per heavy atom. The summed E-state index contributed by atoms with van der Waals surface area (Å²) in [6, 6.07) is 1.30. The van der Waals surface area contributed by atoms with E-state index in [0.29, 0.717) is 6.54 Å². The van der Waals surface area contributed by atoms with E-state index in [1.54, 1.807) is 0 Å². The molecule has 0 saturated carbocycles. The predicted octanol–water partition coefficient (Wildman–Crippen LogP) is 1.04. The minimum atomic E-state index is -0.804. The number of pyridine rings is 1. The summed E-state index contributed by atoms with van der Waals surface area (Å²) in [4.78, 5) is 17.1. The van der Waals surface area contributed by atoms with Crippen LogP contribution in [-0.4, -0.2) is 40.6 Å². The first-order valence-corrected chi connectivity index (χ1v) is 5.91. The van der Waals surface area contributed by atoms with Crippen molar-refractivity contribution in [2.24, 2.45) is 0 Å². The van der Waals surface area contributed by atoms with E-state index in [1.807, 2.05) is 6.92 Å². The third-order valence-corrected chi connectivity index (χ3v) is 2.59. The Morgan fingerprint density at radius 3 is 2.89 bits per heavy atom. The number of carbonyl (C=O) groups excluding carboxylic acids is 1. The van der Waals surface area contributed by atoms with E-state index < -0.39 is 11.7 Å². The number of nitrogen functional groups attached to an aromatic ring is 1. The van der Waals surface area contributed by atoms with Gasteiger partial charge < -0.3 is 15.7 Å². The van der Waals surface area contributed by atoms with Crippen molar-refractivity contribution >= 4 is 11.7 Å². The molecule has 0 aliphatic heterocycles. The monoisotopic (exact) mass is 255 g/mol. The molecule has 0 atom stereocenters. The molecule has 0 saturated heterocycles. The summed E-state index contributed by atoms with van der Waals surface area (Å²) in [6.07, 6.45) is 3.01. The van der Waals surface area contributed by atoms with Crippen molar-refractivity contribution in [1.29, 1.82) is 0 Å². The van der Waals surface area contributed by atoms with Crippen LogP contribution in [0.25, 0.3) is 0 Å². The van der Waals surface area contributed by atoms with E-state index >= 15 is 0 Å². The predicted molar refractivity (Wildman–Crippen MR) is 66.5 cm³/mol. The minimum Gasteiger partial charge on any atom is -0.395 e. The first kappa shape index (κ1) is 14.4. The standard InChI is InChI=1S/C12H18FN3O2/c1-2-3-6-16(7-8-17)12(18)9-4-5-15-11(14)10(9)13/h4-5,17H,2-3,6-8H2,1H3,(H2,14,15). The zero-order valence-electron chi connectivity index (χ0n) is 10.4. The van der Waals surface area contributed by atoms with Gasteiger partial charge in [0.25, 0.3) is 5.91 Å². The molecule has 6 heteroatoms. The highest BCUT2D eigenvalue weighted by Crippen LogP contribution is 2.14. The van der Waals surface area contributed by atoms with E-state index in [2.05, 4.69) is 4.98 Å². The summed E-state index contributed by atoms with van der Waals surface area (Å²) in [5, 5.41) is 8.93. The maximum atomic E-state index is 13.7. The Balaban J connectivity index is 2.90. The van der Waals surface area contributed by atoms with Crippen LogP contribution in [0.1, 0.15) is 30.1 Å². The summed E-state index contributed by atoms with van der Waals surface area (Å²) >= 11 is 0. The number of aromatic nitrogens is 1. The number of hydrogen-bond donors (Lipinski definition) is 2. The van der Waals surface area contributed by atoms with Crippen molar-refractivity contribution in [3.8, 4) is 0 Å². The van der Waals surface area contributed by atoms with Crippen LogP contribution in [0.3, 0.4) is 0 Å². The number of halogens is 1. The van der Waals surface area contributed by atoms with Gasteiger partial charge in [-0.15, -0.1) is 0 Å². The van der Waals surface area contributed by atoms with Gasteiger partial charge in [0, 0.05) is 19.3 Å². The van der Waals surface area contributed by atoms with Crippen LogP contribution < -0.4 is 5.73 Å². The number of nitrogens with zero attached hydrogens (tertiary/aromatic N) is 2. The maximum Gasteiger partial charge on any atom is 0.257 e. The average Bonchev–Trinajstić information content (AvgIpc) is 2.37. The van der Waals surface area contributed by atoms with E-state index in [-0.39, 0.29) is 24.5 Å². The van der Waals surface area contributed by atoms with E-state index in [4.69, 9.17) is 10.8 Å². The van der Waals surface area contributed by atoms with Gasteiger partial charge in [-0.25, -0.2) is 9.37 Å². The molecule has 0 fully saturated rings. The van der Waals surface area contributed by atoms with Crippen LogP contribution in [0, 0.1) is 5.82 Å². The fraction of sp³-hybridized carbons (Fsp3) is 0.500. The lowest BCUT2D eigenvalue weighted by Crippen LogP contribution is -2.35. The number of anilines is 1. The summed E-state index contributed by atoms with van der Waals surface area (Å²) in [5.41, 5.74) is 5.22. The molecule has 0 bridgehead atoms. The zero-order chi connectivity index (χ0) is 13.5. The molecule has 100 valence electrons. The van der Waals surface area contributed by atoms with Crippen molar-refractivity contribution < 1.29 is 14.3 Å². The molecule has 0 aliphatic rings. The Morgan fingerprint density at radius 2 is 2.28 bits per heavy atom. The summed E-state index contributed by atoms with van der Waals surface area (Å²) in [6.45, 7) is 2.50. The summed E-state index contributed by atoms with van der Waals surface area (Å²) in [7, 11) is 0. The van der Waals surface area contributed by atoms with Gasteiger partial charge in [0.2, 0.25) is 0 Å². The van der Waals surface area contributed by atoms with Crippen molar-refractivity contribution in [2.75, 3.05) is 25.4 Å². The number of amides is 1. The molecule has 1 heterocycles. The topological polar surface area (TPSA) is 79.5 Å². The lowest BCUT2D eigenvalue weighted by molar-refractivity contribution is 0.0714. The van der Waals surface area contributed by atoms with Crippen molar-refractivity contribution in [1.82, 2.24) is 9.88 Å². The second-order valence-electron chi connectivity index (χ2n) is 3.93. The second-order valence-corrected chi connectivity index (χ2v) is 3.93. The quantitative estimate of drug-likeness (QED) is 0.796. The van der Waals surface area contributed by atoms with Crippen LogP contribution in [0.5, 0.6) is 0 Å². The van der Waals surface area contributed by atoms with Crippen LogP contribution in [-0.2, 0) is 0 Å². The molecule has 0 aliphatic carbocycles. The first-order valence-electron chi connectivity index (χ1n) is 5.91. The van der Waals surface area contributed by atoms with Crippen molar-refractivity contribution in [3.63, 3.8) is 0 Å². The van der Waals surface area contributed by atoms with Gasteiger partial charge in [0.1, 0.15) is 0 Å². The van der Waals surface area contributed by atoms with Gasteiger partial charge in [-0.05, 0) is 12.5 Å². The molecule has 0 unspecified atom stereocenters. The van der Waals surface area contributed by atoms with Gasteiger partial charge in [0.05, 0.1) is 12.2 Å². The number of aliphatic hydroxyl groups is 1. The molecule has 0 spiro atoms. The highest BCUT2D eigenvalue weighted by atomic mass is 19.1. The number of carbonyl (C=O) groups is 1. The largest absolute Gasteiger partial charge is 0.395 e. The highest BCUT2D eigenvalue weighted by Gasteiger charge is 2.20. The highest BCUT2D eigenvalue weighted by molar-refractivity contribution is 5.95. The van der Waals surface area contributed by atoms with E-state index in [9.17, 15) is 9.18 Å². The third kappa shape index (κ3) is 3.40. The average molecular weight is 255 g/mol. The molecule has 1 rings (SSSR count). The number of unbranched alkanes of at least 4 members (excludes halogenated alkanes) is 1. The molecular weight excluding hydrogens is 237 g/mol. The molecular formula is C12H18FN3O2. The Kier molecular flexibility index (Phi) is 5.51. The van der Waals surface area contributed by atoms with Gasteiger partial charge in [-0.1, -0.05) is 13.3 Å². The maximum absolute atomic E-state index is 13.7. The summed E-state index contributed by atoms with van der Waals surface area (Å²) < 4.78 is 13.7. The Bertz CT molecular complexity index is 412. The summed E-state index contributed by atoms with van der Waals surface area (Å²) in [5.74, 6) is -1.56. The molecule has 0 aromatic carbocycles. The number of rotatable bonds is 6. The van der Waals surface area contributed by atoms with Crippen molar-refractivity contribution in [2.45, 2.75) is 19.8 Å². The van der Waals surface area contributed by atoms with E-state index in [1.165, 1.54) is 17.2 Å². The van der Waals surface area contributed by atoms with Crippen LogP contribution >= 0.6 is 0 Å². The molecule has 1 aromatic rings. The molecule has 5 nitrogen and oxygen atoms in total. The lowest BCUT2D eigenvalue weighted by Gasteiger charge is -2.21.